The fraction of sp³-hybridized carbons (Fsp3) is 0.520. The van der Waals surface area contributed by atoms with Crippen LogP contribution in [0.25, 0.3) is 11.2 Å². The molecule has 0 bridgehead atoms. The molecule has 0 spiro atoms. The van der Waals surface area contributed by atoms with E-state index in [0.29, 0.717) is 0 Å². The largest absolute Gasteiger partial charge is 0.461 e. The van der Waals surface area contributed by atoms with Gasteiger partial charge in [0.05, 0.1) is 11.7 Å². The molecule has 1 saturated heterocycles. The molecule has 1 aromatic carbocycles. The van der Waals surface area contributed by atoms with Crippen LogP contribution in [0, 0.1) is 5.41 Å². The molecule has 5 N–H and O–H groups in total. The lowest BCUT2D eigenvalue weighted by molar-refractivity contribution is -0.150. The van der Waals surface area contributed by atoms with E-state index >= 15 is 0 Å². The quantitative estimate of drug-likeness (QED) is 0.198. The molecule has 220 valence electrons. The van der Waals surface area contributed by atoms with Crippen LogP contribution in [0.2, 0.25) is 0 Å². The van der Waals surface area contributed by atoms with Crippen LogP contribution < -0.4 is 20.9 Å². The Kier molecular flexibility index (Phi) is 7.10. The van der Waals surface area contributed by atoms with Crippen molar-refractivity contribution in [3.63, 3.8) is 0 Å². The first kappa shape index (κ1) is 27.8. The van der Waals surface area contributed by atoms with Gasteiger partial charge >= 0.3 is 13.7 Å². The van der Waals surface area contributed by atoms with Crippen LogP contribution in [0.3, 0.4) is 0 Å². The lowest BCUT2D eigenvalue weighted by Crippen LogP contribution is -2.38. The molecule has 2 aliphatic carbocycles. The number of hydrogen-bond donors (Lipinski definition) is 4. The molecule has 3 fully saturated rings. The number of halogens is 1. The Morgan fingerprint density at radius 3 is 2.78 bits per heavy atom. The van der Waals surface area contributed by atoms with E-state index in [2.05, 4.69) is 20.0 Å². The average molecular weight is 593 g/mol. The summed E-state index contributed by atoms with van der Waals surface area (Å²) >= 11 is 0. The van der Waals surface area contributed by atoms with Crippen molar-refractivity contribution in [1.82, 2.24) is 24.6 Å². The van der Waals surface area contributed by atoms with Crippen molar-refractivity contribution < 1.29 is 37.4 Å². The topological polar surface area (TPSA) is 193 Å². The molecule has 0 radical (unpaired) electrons. The Bertz CT molecular complexity index is 1550. The maximum Gasteiger partial charge on any atom is 0.459 e. The smallest absolute Gasteiger partial charge is 0.459 e. The lowest BCUT2D eigenvalue weighted by atomic mass is 10.0. The Morgan fingerprint density at radius 2 is 2.10 bits per heavy atom. The van der Waals surface area contributed by atoms with E-state index in [1.165, 1.54) is 17.8 Å². The van der Waals surface area contributed by atoms with Gasteiger partial charge in [-0.05, 0) is 44.7 Å². The van der Waals surface area contributed by atoms with E-state index in [4.69, 9.17) is 24.3 Å². The zero-order valence-corrected chi connectivity index (χ0v) is 22.9. The van der Waals surface area contributed by atoms with Crippen LogP contribution in [0.4, 0.5) is 10.3 Å². The summed E-state index contributed by atoms with van der Waals surface area (Å²) in [5, 5.41) is 13.8. The highest BCUT2D eigenvalue weighted by molar-refractivity contribution is 7.52. The van der Waals surface area contributed by atoms with Crippen molar-refractivity contribution in [2.24, 2.45) is 5.41 Å². The summed E-state index contributed by atoms with van der Waals surface area (Å²) in [7, 11) is -4.36. The minimum Gasteiger partial charge on any atom is -0.461 e. The number of carbonyl (C=O) groups excluding carboxylic acids is 1. The van der Waals surface area contributed by atoms with E-state index in [1.807, 2.05) is 0 Å². The number of nitrogens with one attached hydrogen (secondary N) is 2. The van der Waals surface area contributed by atoms with Gasteiger partial charge in [0.25, 0.3) is 5.56 Å². The number of nitrogens with two attached hydrogens (primary N) is 1. The van der Waals surface area contributed by atoms with Gasteiger partial charge in [-0.1, -0.05) is 18.2 Å². The molecule has 0 amide bonds. The van der Waals surface area contributed by atoms with Crippen molar-refractivity contribution in [1.29, 1.82) is 0 Å². The fourth-order valence-electron chi connectivity index (χ4n) is 5.55. The summed E-state index contributed by atoms with van der Waals surface area (Å²) in [6.45, 7) is 0.375. The maximum absolute atomic E-state index is 14.6. The van der Waals surface area contributed by atoms with Crippen molar-refractivity contribution in [2.75, 3.05) is 12.4 Å². The number of alkyl halides is 1. The SMILES string of the molecule is C[C@@H](NP(=O)(Oc1ccccc1)OC1[C@H]2O[C@@H](n3cnc4c(=O)[nH]c(N)nc43)[C@H](O)[C@@]12CF)C(=O)OC1CCCC1. The first-order valence-electron chi connectivity index (χ1n) is 13.3. The number of imidazole rings is 1. The molecule has 41 heavy (non-hydrogen) atoms. The van der Waals surface area contributed by atoms with Gasteiger partial charge in [-0.3, -0.25) is 28.1 Å². The second kappa shape index (κ2) is 10.5. The van der Waals surface area contributed by atoms with Gasteiger partial charge in [0.2, 0.25) is 5.95 Å². The lowest BCUT2D eigenvalue weighted by Gasteiger charge is -2.28. The van der Waals surface area contributed by atoms with Gasteiger partial charge in [-0.25, -0.2) is 9.55 Å². The maximum atomic E-state index is 14.6. The highest BCUT2D eigenvalue weighted by Gasteiger charge is 2.79. The summed E-state index contributed by atoms with van der Waals surface area (Å²) in [5.74, 6) is -0.620. The van der Waals surface area contributed by atoms with Crippen LogP contribution in [-0.2, 0) is 23.4 Å². The highest BCUT2D eigenvalue weighted by Crippen LogP contribution is 2.66. The number of hydrogen-bond acceptors (Lipinski definition) is 11. The van der Waals surface area contributed by atoms with Gasteiger partial charge in [0.15, 0.2) is 17.4 Å². The number of benzene rings is 1. The predicted octanol–water partition coefficient (Wildman–Crippen LogP) is 1.97. The number of nitrogens with zero attached hydrogens (tertiary/aromatic N) is 3. The normalized spacial score (nSPS) is 29.6. The molecule has 14 nitrogen and oxygen atoms in total. The van der Waals surface area contributed by atoms with Gasteiger partial charge in [-0.2, -0.15) is 10.1 Å². The number of H-pyrrole nitrogens is 1. The summed E-state index contributed by atoms with van der Waals surface area (Å²) < 4.78 is 53.0. The standard InChI is InChI=1S/C25H30FN6O8P/c1-13(23(35)37-14-7-5-6-8-14)31-41(36,39-15-9-3-2-4-10-15)40-19-18-25(19,11-26)17(33)22(38-18)32-12-28-16-20(32)29-24(27)30-21(16)34/h2-4,9-10,12-14,17-19,22,33H,5-8,11H2,1H3,(H,31,36)(H3,27,29,30,34)/t13-,17+,18-,19?,22-,25-,41?/m1/s1. The van der Waals surface area contributed by atoms with Crippen LogP contribution in [-0.4, -0.2) is 67.7 Å². The number of aromatic amines is 1. The summed E-state index contributed by atoms with van der Waals surface area (Å²) in [5.41, 5.74) is 3.46. The van der Waals surface area contributed by atoms with Gasteiger partial charge < -0.3 is 24.8 Å². The van der Waals surface area contributed by atoms with Gasteiger partial charge in [0, 0.05) is 0 Å². The number of rotatable bonds is 10. The number of aliphatic hydroxyl groups is 1. The molecule has 16 heteroatoms. The number of para-hydroxylation sites is 1. The number of fused-ring (bicyclic) bond motifs is 2. The van der Waals surface area contributed by atoms with Crippen molar-refractivity contribution in [2.45, 2.75) is 69.3 Å². The van der Waals surface area contributed by atoms with Crippen LogP contribution in [0.1, 0.15) is 38.8 Å². The molecule has 3 heterocycles. The average Bonchev–Trinajstić information content (AvgIpc) is 3.38. The predicted molar refractivity (Wildman–Crippen MR) is 141 cm³/mol. The molecular formula is C25H30FN6O8P. The minimum atomic E-state index is -4.36. The second-order valence-electron chi connectivity index (χ2n) is 10.5. The Balaban J connectivity index is 1.22. The number of anilines is 1. The Labute approximate surface area is 232 Å². The Hall–Kier alpha value is -3.36. The van der Waals surface area contributed by atoms with Crippen molar-refractivity contribution in [3.8, 4) is 5.75 Å². The van der Waals surface area contributed by atoms with E-state index < -0.39 is 61.9 Å². The first-order valence-corrected chi connectivity index (χ1v) is 14.8. The zero-order chi connectivity index (χ0) is 28.9. The Morgan fingerprint density at radius 1 is 1.37 bits per heavy atom. The molecule has 1 aliphatic heterocycles. The minimum absolute atomic E-state index is 0.0393. The zero-order valence-electron chi connectivity index (χ0n) is 22.0. The van der Waals surface area contributed by atoms with E-state index in [-0.39, 0.29) is 29.0 Å². The van der Waals surface area contributed by atoms with Crippen LogP contribution >= 0.6 is 7.75 Å². The third-order valence-corrected chi connectivity index (χ3v) is 9.46. The third-order valence-electron chi connectivity index (χ3n) is 7.80. The van der Waals surface area contributed by atoms with Crippen LogP contribution in [0.5, 0.6) is 5.75 Å². The van der Waals surface area contributed by atoms with Crippen LogP contribution in [0.15, 0.2) is 41.5 Å². The molecule has 2 aromatic heterocycles. The summed E-state index contributed by atoms with van der Waals surface area (Å²) in [4.78, 5) is 35.3. The molecule has 2 saturated carbocycles. The molecule has 2 unspecified atom stereocenters. The van der Waals surface area contributed by atoms with Gasteiger partial charge in [0.1, 0.15) is 42.9 Å². The van der Waals surface area contributed by atoms with E-state index in [1.54, 1.807) is 30.3 Å². The second-order valence-corrected chi connectivity index (χ2v) is 12.2. The van der Waals surface area contributed by atoms with Crippen molar-refractivity contribution >= 4 is 30.8 Å². The van der Waals surface area contributed by atoms with E-state index in [9.17, 15) is 23.7 Å². The summed E-state index contributed by atoms with van der Waals surface area (Å²) in [6.07, 6.45) is -0.473. The molecular weight excluding hydrogens is 562 g/mol. The number of aliphatic hydroxyl groups excluding tert-OH is 1. The summed E-state index contributed by atoms with van der Waals surface area (Å²) in [6, 6.07) is 7.05. The third kappa shape index (κ3) is 4.91. The number of carbonyl (C=O) groups is 1. The molecule has 3 aliphatic rings. The first-order chi connectivity index (χ1) is 19.6. The number of ether oxygens (including phenoxy) is 2. The number of aromatic nitrogens is 4. The monoisotopic (exact) mass is 592 g/mol. The van der Waals surface area contributed by atoms with E-state index in [0.717, 1.165) is 25.7 Å². The van der Waals surface area contributed by atoms with Crippen molar-refractivity contribution in [3.05, 3.63) is 47.0 Å². The molecule has 7 atom stereocenters. The molecule has 6 rings (SSSR count). The number of nitrogen functional groups attached to an aromatic ring is 1. The highest BCUT2D eigenvalue weighted by atomic mass is 31.2. The number of esters is 1. The molecule has 3 aromatic rings. The van der Waals surface area contributed by atoms with Gasteiger partial charge in [-0.15, -0.1) is 0 Å². The fourth-order valence-corrected chi connectivity index (χ4v) is 7.30.